The number of unbranched alkanes of at least 4 members (excludes halogenated alkanes) is 1. The summed E-state index contributed by atoms with van der Waals surface area (Å²) in [4.78, 5) is 0. The van der Waals surface area contributed by atoms with Gasteiger partial charge < -0.3 is 0 Å². The highest BCUT2D eigenvalue weighted by atomic mass is 13.7. The topological polar surface area (TPSA) is 0 Å². The van der Waals surface area contributed by atoms with Crippen LogP contribution >= 0.6 is 0 Å². The van der Waals surface area contributed by atoms with Crippen molar-refractivity contribution in [1.82, 2.24) is 0 Å². The molecule has 0 aliphatic rings. The van der Waals surface area contributed by atoms with Gasteiger partial charge in [0.15, 0.2) is 0 Å². The van der Waals surface area contributed by atoms with Crippen LogP contribution < -0.4 is 0 Å². The van der Waals surface area contributed by atoms with Gasteiger partial charge in [-0.1, -0.05) is 25.3 Å². The van der Waals surface area contributed by atoms with Gasteiger partial charge in [0.2, 0.25) is 0 Å². The first-order chi connectivity index (χ1) is 4.41. The van der Waals surface area contributed by atoms with E-state index in [-0.39, 0.29) is 0 Å². The molecule has 0 rings (SSSR count). The molecule has 0 aromatic carbocycles. The maximum atomic E-state index is 4.89. The van der Waals surface area contributed by atoms with Gasteiger partial charge in [-0.3, -0.25) is 0 Å². The Balaban J connectivity index is 3.38. The van der Waals surface area contributed by atoms with Crippen LogP contribution in [0.15, 0.2) is 12.2 Å². The summed E-state index contributed by atoms with van der Waals surface area (Å²) in [5.41, 5.74) is 0. The van der Waals surface area contributed by atoms with Gasteiger partial charge in [0, 0.05) is 0 Å². The molecule has 0 atom stereocenters. The van der Waals surface area contributed by atoms with Crippen molar-refractivity contribution in [3.63, 3.8) is 0 Å². The maximum Gasteiger partial charge on any atom is -0.0108 e. The fourth-order valence-corrected chi connectivity index (χ4v) is 0.392. The van der Waals surface area contributed by atoms with Crippen molar-refractivity contribution >= 4 is 0 Å². The molecule has 0 heterocycles. The first-order valence-corrected chi connectivity index (χ1v) is 3.03. The Hall–Kier alpha value is -1.14. The Morgan fingerprint density at radius 3 is 2.89 bits per heavy atom. The van der Waals surface area contributed by atoms with Crippen molar-refractivity contribution in [2.24, 2.45) is 0 Å². The van der Waals surface area contributed by atoms with Crippen molar-refractivity contribution < 1.29 is 0 Å². The molecular weight excluding hydrogens is 108 g/mol. The molecule has 0 fully saturated rings. The van der Waals surface area contributed by atoms with E-state index in [0.717, 1.165) is 12.8 Å². The lowest BCUT2D eigenvalue weighted by Gasteiger charge is -1.76. The average molecular weight is 118 g/mol. The summed E-state index contributed by atoms with van der Waals surface area (Å²) >= 11 is 0. The number of terminal acetylenes is 1. The predicted octanol–water partition coefficient (Wildman–Crippen LogP) is 1.98. The summed E-state index contributed by atoms with van der Waals surface area (Å²) in [6, 6.07) is 0. The molecule has 0 saturated carbocycles. The minimum absolute atomic E-state index is 1.08. The van der Waals surface area contributed by atoms with Crippen LogP contribution in [0.2, 0.25) is 0 Å². The standard InChI is InChI=1S/C9H10/c1-3-5-7-9-8-6-4-2/h1,8-9H,4,6H2,2H3. The lowest BCUT2D eigenvalue weighted by Crippen LogP contribution is -1.58. The molecule has 0 spiro atoms. The van der Waals surface area contributed by atoms with Crippen molar-refractivity contribution in [2.75, 3.05) is 0 Å². The van der Waals surface area contributed by atoms with Crippen LogP contribution in [0.3, 0.4) is 0 Å². The van der Waals surface area contributed by atoms with E-state index in [1.807, 2.05) is 6.08 Å². The smallest absolute Gasteiger partial charge is 0.0108 e. The zero-order valence-electron chi connectivity index (χ0n) is 5.65. The van der Waals surface area contributed by atoms with Crippen LogP contribution in [-0.2, 0) is 0 Å². The monoisotopic (exact) mass is 118 g/mol. The normalized spacial score (nSPS) is 8.00. The summed E-state index contributed by atoms with van der Waals surface area (Å²) in [6.07, 6.45) is 10.9. The molecular formula is C9H10. The second-order valence-electron chi connectivity index (χ2n) is 1.60. The highest BCUT2D eigenvalue weighted by molar-refractivity contribution is 5.27. The van der Waals surface area contributed by atoms with Crippen molar-refractivity contribution in [1.29, 1.82) is 0 Å². The number of hydrogen-bond acceptors (Lipinski definition) is 0. The molecule has 0 radical (unpaired) electrons. The van der Waals surface area contributed by atoms with E-state index in [2.05, 4.69) is 24.7 Å². The second-order valence-corrected chi connectivity index (χ2v) is 1.60. The van der Waals surface area contributed by atoms with Crippen LogP contribution in [0.25, 0.3) is 0 Å². The highest BCUT2D eigenvalue weighted by Crippen LogP contribution is 1.85. The van der Waals surface area contributed by atoms with Gasteiger partial charge in [0.05, 0.1) is 0 Å². The van der Waals surface area contributed by atoms with E-state index >= 15 is 0 Å². The van der Waals surface area contributed by atoms with E-state index < -0.39 is 0 Å². The summed E-state index contributed by atoms with van der Waals surface area (Å²) in [6.45, 7) is 2.12. The second kappa shape index (κ2) is 6.86. The molecule has 0 unspecified atom stereocenters. The quantitative estimate of drug-likeness (QED) is 0.486. The van der Waals surface area contributed by atoms with Gasteiger partial charge in [0.25, 0.3) is 0 Å². The fourth-order valence-electron chi connectivity index (χ4n) is 0.392. The van der Waals surface area contributed by atoms with Gasteiger partial charge >= 0.3 is 0 Å². The molecule has 0 nitrogen and oxygen atoms in total. The largest absolute Gasteiger partial charge is 0.106 e. The average Bonchev–Trinajstić information content (AvgIpc) is 1.89. The Morgan fingerprint density at radius 1 is 1.56 bits per heavy atom. The predicted molar refractivity (Wildman–Crippen MR) is 40.7 cm³/mol. The first kappa shape index (κ1) is 7.86. The van der Waals surface area contributed by atoms with Crippen LogP contribution in [0.5, 0.6) is 0 Å². The Morgan fingerprint density at radius 2 is 2.33 bits per heavy atom. The van der Waals surface area contributed by atoms with Crippen LogP contribution in [0, 0.1) is 24.2 Å². The van der Waals surface area contributed by atoms with Crippen molar-refractivity contribution in [2.45, 2.75) is 19.8 Å². The van der Waals surface area contributed by atoms with Gasteiger partial charge in [-0.05, 0) is 24.3 Å². The summed E-state index contributed by atoms with van der Waals surface area (Å²) in [5.74, 6) is 7.43. The highest BCUT2D eigenvalue weighted by Gasteiger charge is 1.67. The first-order valence-electron chi connectivity index (χ1n) is 3.03. The Kier molecular flexibility index (Phi) is 5.99. The summed E-state index contributed by atoms with van der Waals surface area (Å²) in [7, 11) is 0. The molecule has 0 amide bonds. The molecule has 0 aromatic rings. The van der Waals surface area contributed by atoms with Crippen LogP contribution in [0.4, 0.5) is 0 Å². The molecule has 46 valence electrons. The number of allylic oxidation sites excluding steroid dienone is 2. The third kappa shape index (κ3) is 6.86. The zero-order chi connectivity index (χ0) is 6.95. The molecule has 0 heteroatoms. The third-order valence-electron chi connectivity index (χ3n) is 0.801. The molecule has 0 N–H and O–H groups in total. The molecule has 0 bridgehead atoms. The molecule has 0 aliphatic heterocycles. The van der Waals surface area contributed by atoms with Crippen molar-refractivity contribution in [3.05, 3.63) is 12.2 Å². The fraction of sp³-hybridized carbons (Fsp3) is 0.333. The molecule has 0 saturated heterocycles. The molecule has 0 aromatic heterocycles. The zero-order valence-corrected chi connectivity index (χ0v) is 5.65. The van der Waals surface area contributed by atoms with Gasteiger partial charge in [0.1, 0.15) is 0 Å². The Bertz CT molecular complexity index is 168. The van der Waals surface area contributed by atoms with E-state index in [0.29, 0.717) is 0 Å². The summed E-state index contributed by atoms with van der Waals surface area (Å²) < 4.78 is 0. The summed E-state index contributed by atoms with van der Waals surface area (Å²) in [5, 5.41) is 0. The van der Waals surface area contributed by atoms with Crippen LogP contribution in [0.1, 0.15) is 19.8 Å². The minimum Gasteiger partial charge on any atom is -0.106 e. The third-order valence-corrected chi connectivity index (χ3v) is 0.801. The maximum absolute atomic E-state index is 4.89. The van der Waals surface area contributed by atoms with Gasteiger partial charge in [-0.15, -0.1) is 6.42 Å². The molecule has 0 aliphatic carbocycles. The van der Waals surface area contributed by atoms with Crippen molar-refractivity contribution in [3.8, 4) is 24.2 Å². The van der Waals surface area contributed by atoms with Gasteiger partial charge in [-0.2, -0.15) is 0 Å². The minimum atomic E-state index is 1.08. The number of hydrogen-bond donors (Lipinski definition) is 0. The van der Waals surface area contributed by atoms with Gasteiger partial charge in [-0.25, -0.2) is 0 Å². The van der Waals surface area contributed by atoms with E-state index in [4.69, 9.17) is 6.42 Å². The van der Waals surface area contributed by atoms with E-state index in [1.165, 1.54) is 0 Å². The number of rotatable bonds is 2. The lowest BCUT2D eigenvalue weighted by atomic mass is 10.3. The SMILES string of the molecule is C#CC#CC=CCCC. The van der Waals surface area contributed by atoms with Crippen LogP contribution in [-0.4, -0.2) is 0 Å². The van der Waals surface area contributed by atoms with E-state index in [9.17, 15) is 0 Å². The molecule has 9 heavy (non-hydrogen) atoms. The Labute approximate surface area is 57.0 Å². The van der Waals surface area contributed by atoms with E-state index in [1.54, 1.807) is 6.08 Å². The lowest BCUT2D eigenvalue weighted by molar-refractivity contribution is 0.959.